The molecule has 4 rings (SSSR count). The third kappa shape index (κ3) is 4.39. The number of aromatic nitrogens is 3. The van der Waals surface area contributed by atoms with Crippen molar-refractivity contribution in [1.29, 1.82) is 0 Å². The van der Waals surface area contributed by atoms with Gasteiger partial charge in [0.2, 0.25) is 0 Å². The lowest BCUT2D eigenvalue weighted by molar-refractivity contribution is 0.100. The number of carbonyl (C=O) groups is 1. The third-order valence-electron chi connectivity index (χ3n) is 5.54. The van der Waals surface area contributed by atoms with E-state index in [1.807, 2.05) is 24.3 Å². The van der Waals surface area contributed by atoms with Crippen molar-refractivity contribution in [1.82, 2.24) is 15.0 Å². The van der Waals surface area contributed by atoms with E-state index in [0.29, 0.717) is 30.0 Å². The first-order valence-corrected chi connectivity index (χ1v) is 10.1. The molecule has 2 unspecified atom stereocenters. The highest BCUT2D eigenvalue weighted by Gasteiger charge is 2.22. The number of carbonyl (C=O) groups excluding carboxylic acids is 1. The summed E-state index contributed by atoms with van der Waals surface area (Å²) in [4.78, 5) is 24.7. The molecule has 8 nitrogen and oxygen atoms in total. The number of anilines is 2. The van der Waals surface area contributed by atoms with Crippen LogP contribution in [-0.4, -0.2) is 27.4 Å². The number of benzene rings is 1. The van der Waals surface area contributed by atoms with Gasteiger partial charge in [-0.25, -0.2) is 15.0 Å². The van der Waals surface area contributed by atoms with Crippen molar-refractivity contribution < 1.29 is 4.79 Å². The van der Waals surface area contributed by atoms with E-state index in [4.69, 9.17) is 11.5 Å². The maximum absolute atomic E-state index is 11.7. The summed E-state index contributed by atoms with van der Waals surface area (Å²) in [7, 11) is 0. The van der Waals surface area contributed by atoms with Gasteiger partial charge in [-0.15, -0.1) is 0 Å². The van der Waals surface area contributed by atoms with E-state index in [1.165, 1.54) is 6.33 Å². The molecule has 0 radical (unpaired) electrons. The highest BCUT2D eigenvalue weighted by Crippen LogP contribution is 2.28. The quantitative estimate of drug-likeness (QED) is 0.466. The second-order valence-electron chi connectivity index (χ2n) is 7.51. The van der Waals surface area contributed by atoms with Crippen LogP contribution in [0.2, 0.25) is 0 Å². The van der Waals surface area contributed by atoms with Gasteiger partial charge in [-0.3, -0.25) is 4.79 Å². The number of rotatable bonds is 7. The van der Waals surface area contributed by atoms with E-state index in [1.54, 1.807) is 18.3 Å². The molecule has 158 valence electrons. The molecule has 1 aromatic carbocycles. The number of hydrogen-bond acceptors (Lipinski definition) is 7. The van der Waals surface area contributed by atoms with E-state index in [2.05, 4.69) is 44.7 Å². The van der Waals surface area contributed by atoms with E-state index in [-0.39, 0.29) is 11.8 Å². The minimum absolute atomic E-state index is 0.236. The second kappa shape index (κ2) is 8.93. The van der Waals surface area contributed by atoms with Crippen molar-refractivity contribution in [3.8, 4) is 0 Å². The first-order valence-electron chi connectivity index (χ1n) is 10.1. The number of nitrogens with zero attached hydrogens (tertiary/aromatic N) is 3. The van der Waals surface area contributed by atoms with E-state index >= 15 is 0 Å². The van der Waals surface area contributed by atoms with E-state index < -0.39 is 5.91 Å². The number of nitrogens with one attached hydrogen (secondary N) is 2. The largest absolute Gasteiger partial charge is 0.369 e. The van der Waals surface area contributed by atoms with Crippen LogP contribution < -0.4 is 22.1 Å². The maximum atomic E-state index is 11.7. The maximum Gasteiger partial charge on any atom is 0.250 e. The van der Waals surface area contributed by atoms with Crippen LogP contribution in [0.25, 0.3) is 10.9 Å². The van der Waals surface area contributed by atoms with Crippen LogP contribution in [0.5, 0.6) is 0 Å². The van der Waals surface area contributed by atoms with Gasteiger partial charge < -0.3 is 22.1 Å². The fraction of sp³-hybridized carbons (Fsp3) is 0.217. The number of nitrogens with two attached hydrogens (primary N) is 2. The van der Waals surface area contributed by atoms with E-state index in [0.717, 1.165) is 22.5 Å². The summed E-state index contributed by atoms with van der Waals surface area (Å²) in [6.45, 7) is 3.32. The lowest BCUT2D eigenvalue weighted by atomic mass is 9.87. The van der Waals surface area contributed by atoms with Crippen molar-refractivity contribution in [3.05, 3.63) is 77.9 Å². The first kappa shape index (κ1) is 20.5. The molecular formula is C23H25N7O. The standard InChI is InChI=1S/C23H25N7O/c1-14-16(4-2-7-19(14)30-20-9-8-15(10-24)11-26-20)12-27-23-18-6-3-5-17(22(25)31)21(18)28-13-29-23/h2-9,11,13-14,16H,10,12,24H2,1H3,(H2,25,31)(H,26,30)(H,27,28,29). The molecule has 6 N–H and O–H groups in total. The SMILES string of the molecule is CC1C(Nc2ccc(CN)cn2)=CC=CC1CNc1ncnc2c(C(N)=O)cccc12. The Hall–Kier alpha value is -3.78. The molecule has 2 atom stereocenters. The van der Waals surface area contributed by atoms with Crippen LogP contribution in [0.4, 0.5) is 11.6 Å². The van der Waals surface area contributed by atoms with Gasteiger partial charge >= 0.3 is 0 Å². The molecule has 0 saturated heterocycles. The monoisotopic (exact) mass is 415 g/mol. The highest BCUT2D eigenvalue weighted by molar-refractivity contribution is 6.06. The van der Waals surface area contributed by atoms with Gasteiger partial charge in [0.05, 0.1) is 11.1 Å². The van der Waals surface area contributed by atoms with Crippen molar-refractivity contribution in [3.63, 3.8) is 0 Å². The molecule has 31 heavy (non-hydrogen) atoms. The number of primary amides is 1. The summed E-state index contributed by atoms with van der Waals surface area (Å²) in [5.41, 5.74) is 14.1. The Morgan fingerprint density at radius 2 is 2.03 bits per heavy atom. The van der Waals surface area contributed by atoms with Crippen LogP contribution in [0.3, 0.4) is 0 Å². The number of allylic oxidation sites excluding steroid dienone is 3. The Bertz CT molecular complexity index is 1150. The number of pyridine rings is 1. The molecule has 0 spiro atoms. The molecule has 0 aliphatic heterocycles. The van der Waals surface area contributed by atoms with Crippen LogP contribution in [0.1, 0.15) is 22.8 Å². The van der Waals surface area contributed by atoms with Crippen molar-refractivity contribution in [2.24, 2.45) is 23.3 Å². The Labute approximate surface area is 180 Å². The minimum atomic E-state index is -0.506. The average molecular weight is 416 g/mol. The van der Waals surface area contributed by atoms with Crippen LogP contribution in [0, 0.1) is 11.8 Å². The normalized spacial score (nSPS) is 17.9. The van der Waals surface area contributed by atoms with Gasteiger partial charge in [-0.2, -0.15) is 0 Å². The molecule has 1 amide bonds. The molecule has 1 aliphatic carbocycles. The zero-order chi connectivity index (χ0) is 21.8. The first-order chi connectivity index (χ1) is 15.1. The minimum Gasteiger partial charge on any atom is -0.369 e. The van der Waals surface area contributed by atoms with Gasteiger partial charge in [-0.1, -0.05) is 31.2 Å². The Morgan fingerprint density at radius 3 is 2.77 bits per heavy atom. The summed E-state index contributed by atoms with van der Waals surface area (Å²) in [6.07, 6.45) is 9.52. The second-order valence-corrected chi connectivity index (χ2v) is 7.51. The predicted molar refractivity (Wildman–Crippen MR) is 122 cm³/mol. The van der Waals surface area contributed by atoms with Gasteiger partial charge in [0.1, 0.15) is 18.0 Å². The molecule has 8 heteroatoms. The molecule has 0 fully saturated rings. The van der Waals surface area contributed by atoms with Gasteiger partial charge in [0.25, 0.3) is 5.91 Å². The molecule has 0 bridgehead atoms. The van der Waals surface area contributed by atoms with Crippen molar-refractivity contribution in [2.75, 3.05) is 17.2 Å². The van der Waals surface area contributed by atoms with Crippen LogP contribution in [0.15, 0.2) is 66.8 Å². The molecular weight excluding hydrogens is 390 g/mol. The summed E-state index contributed by atoms with van der Waals surface area (Å²) in [5.74, 6) is 1.44. The highest BCUT2D eigenvalue weighted by atomic mass is 16.1. The Morgan fingerprint density at radius 1 is 1.16 bits per heavy atom. The number of fused-ring (bicyclic) bond motifs is 1. The Balaban J connectivity index is 1.47. The summed E-state index contributed by atoms with van der Waals surface area (Å²) >= 11 is 0. The predicted octanol–water partition coefficient (Wildman–Crippen LogP) is 2.81. The number of hydrogen-bond donors (Lipinski definition) is 4. The summed E-state index contributed by atoms with van der Waals surface area (Å²) in [6, 6.07) is 9.25. The fourth-order valence-corrected chi connectivity index (χ4v) is 3.66. The Kier molecular flexibility index (Phi) is 5.90. The van der Waals surface area contributed by atoms with E-state index in [9.17, 15) is 4.79 Å². The molecule has 0 saturated carbocycles. The summed E-state index contributed by atoms with van der Waals surface area (Å²) in [5, 5.41) is 7.60. The van der Waals surface area contributed by atoms with Crippen LogP contribution >= 0.6 is 0 Å². The smallest absolute Gasteiger partial charge is 0.250 e. The molecule has 3 aromatic rings. The van der Waals surface area contributed by atoms with Gasteiger partial charge in [0, 0.05) is 42.2 Å². The zero-order valence-corrected chi connectivity index (χ0v) is 17.2. The van der Waals surface area contributed by atoms with Crippen molar-refractivity contribution >= 4 is 28.4 Å². The number of para-hydroxylation sites is 1. The van der Waals surface area contributed by atoms with Gasteiger partial charge in [0.15, 0.2) is 0 Å². The molecule has 1 aliphatic rings. The molecule has 2 heterocycles. The fourth-order valence-electron chi connectivity index (χ4n) is 3.66. The lowest BCUT2D eigenvalue weighted by Gasteiger charge is -2.27. The third-order valence-corrected chi connectivity index (χ3v) is 5.54. The zero-order valence-electron chi connectivity index (χ0n) is 17.2. The topological polar surface area (TPSA) is 132 Å². The average Bonchev–Trinajstić information content (AvgIpc) is 2.79. The van der Waals surface area contributed by atoms with Crippen molar-refractivity contribution in [2.45, 2.75) is 13.5 Å². The van der Waals surface area contributed by atoms with Gasteiger partial charge in [-0.05, 0) is 29.8 Å². The number of amides is 1. The molecule has 2 aromatic heterocycles. The lowest BCUT2D eigenvalue weighted by Crippen LogP contribution is -2.26. The van der Waals surface area contributed by atoms with Crippen LogP contribution in [-0.2, 0) is 6.54 Å². The summed E-state index contributed by atoms with van der Waals surface area (Å²) < 4.78 is 0.